The lowest BCUT2D eigenvalue weighted by atomic mass is 10.2. The number of aromatic nitrogens is 4. The molecule has 0 fully saturated rings. The molecule has 5 rings (SSSR count). The van der Waals surface area contributed by atoms with Gasteiger partial charge in [0.05, 0.1) is 0 Å². The molecule has 0 aliphatic carbocycles. The van der Waals surface area contributed by atoms with Gasteiger partial charge < -0.3 is 9.80 Å². The van der Waals surface area contributed by atoms with E-state index >= 15 is 0 Å². The summed E-state index contributed by atoms with van der Waals surface area (Å²) in [5, 5.41) is 0. The third-order valence-corrected chi connectivity index (χ3v) is 4.65. The summed E-state index contributed by atoms with van der Waals surface area (Å²) in [6, 6.07) is 10.3. The predicted molar refractivity (Wildman–Crippen MR) is 91.9 cm³/mol. The molecular formula is C18H16N6. The minimum Gasteiger partial charge on any atom is -0.310 e. The van der Waals surface area contributed by atoms with Crippen molar-refractivity contribution in [1.82, 2.24) is 19.9 Å². The van der Waals surface area contributed by atoms with E-state index in [0.717, 1.165) is 49.2 Å². The molecule has 3 aromatic heterocycles. The van der Waals surface area contributed by atoms with Crippen molar-refractivity contribution in [1.29, 1.82) is 0 Å². The van der Waals surface area contributed by atoms with Gasteiger partial charge in [0.15, 0.2) is 0 Å². The van der Waals surface area contributed by atoms with E-state index in [9.17, 15) is 0 Å². The smallest absolute Gasteiger partial charge is 0.139 e. The van der Waals surface area contributed by atoms with Crippen LogP contribution in [0.4, 0.5) is 23.3 Å². The number of hydrogen-bond acceptors (Lipinski definition) is 6. The standard InChI is InChI=1S/C18H16N6/c1-3-13-5-9-23(17(13)19-7-1)15-11-16(22-12-21-15)24-10-6-14-4-2-8-20-18(14)24/h1-4,7-8,11-12H,5-6,9-10H2. The first-order valence-corrected chi connectivity index (χ1v) is 8.15. The second kappa shape index (κ2) is 5.26. The molecule has 0 radical (unpaired) electrons. The number of hydrogen-bond donors (Lipinski definition) is 0. The highest BCUT2D eigenvalue weighted by atomic mass is 15.3. The first kappa shape index (κ1) is 13.4. The van der Waals surface area contributed by atoms with Crippen molar-refractivity contribution in [3.05, 3.63) is 60.2 Å². The first-order valence-electron chi connectivity index (χ1n) is 8.15. The fourth-order valence-electron chi connectivity index (χ4n) is 3.49. The Labute approximate surface area is 139 Å². The highest BCUT2D eigenvalue weighted by Gasteiger charge is 2.26. The summed E-state index contributed by atoms with van der Waals surface area (Å²) in [5.41, 5.74) is 2.54. The van der Waals surface area contributed by atoms with E-state index in [1.807, 2.05) is 30.6 Å². The predicted octanol–water partition coefficient (Wildman–Crippen LogP) is 2.66. The largest absolute Gasteiger partial charge is 0.310 e. The van der Waals surface area contributed by atoms with Gasteiger partial charge in [-0.25, -0.2) is 19.9 Å². The molecule has 2 aliphatic heterocycles. The Morgan fingerprint density at radius 2 is 1.25 bits per heavy atom. The molecule has 0 amide bonds. The lowest BCUT2D eigenvalue weighted by Gasteiger charge is -2.21. The highest BCUT2D eigenvalue weighted by Crippen LogP contribution is 2.35. The van der Waals surface area contributed by atoms with Gasteiger partial charge in [0, 0.05) is 31.5 Å². The van der Waals surface area contributed by atoms with Crippen molar-refractivity contribution < 1.29 is 0 Å². The minimum absolute atomic E-state index is 0.891. The SMILES string of the molecule is c1cnc2c(c1)CCN2c1cc(N2CCc3cccnc32)ncn1. The third kappa shape index (κ3) is 2.03. The Balaban J connectivity index is 1.52. The molecule has 2 aliphatic rings. The van der Waals surface area contributed by atoms with Gasteiger partial charge in [-0.2, -0.15) is 0 Å². The van der Waals surface area contributed by atoms with Crippen LogP contribution in [0.3, 0.4) is 0 Å². The average Bonchev–Trinajstić information content (AvgIpc) is 3.26. The minimum atomic E-state index is 0.891. The maximum absolute atomic E-state index is 4.52. The molecule has 0 atom stereocenters. The van der Waals surface area contributed by atoms with Crippen LogP contribution in [0, 0.1) is 0 Å². The van der Waals surface area contributed by atoms with E-state index in [2.05, 4.69) is 41.9 Å². The lowest BCUT2D eigenvalue weighted by Crippen LogP contribution is -2.19. The first-order chi connectivity index (χ1) is 11.9. The number of fused-ring (bicyclic) bond motifs is 2. The highest BCUT2D eigenvalue weighted by molar-refractivity contribution is 5.69. The maximum atomic E-state index is 4.52. The van der Waals surface area contributed by atoms with Gasteiger partial charge in [-0.3, -0.25) is 0 Å². The monoisotopic (exact) mass is 316 g/mol. The summed E-state index contributed by atoms with van der Waals surface area (Å²) in [5.74, 6) is 3.79. The number of rotatable bonds is 2. The zero-order valence-electron chi connectivity index (χ0n) is 13.1. The fourth-order valence-corrected chi connectivity index (χ4v) is 3.49. The van der Waals surface area contributed by atoms with Crippen LogP contribution in [-0.2, 0) is 12.8 Å². The Morgan fingerprint density at radius 1 is 0.708 bits per heavy atom. The van der Waals surface area contributed by atoms with E-state index in [4.69, 9.17) is 0 Å². The van der Waals surface area contributed by atoms with Crippen LogP contribution in [-0.4, -0.2) is 33.0 Å². The molecule has 0 aromatic carbocycles. The van der Waals surface area contributed by atoms with Crippen molar-refractivity contribution in [3.63, 3.8) is 0 Å². The van der Waals surface area contributed by atoms with Crippen LogP contribution in [0.5, 0.6) is 0 Å². The fraction of sp³-hybridized carbons (Fsp3) is 0.222. The van der Waals surface area contributed by atoms with E-state index in [0.29, 0.717) is 0 Å². The molecule has 6 heteroatoms. The molecule has 0 saturated carbocycles. The molecule has 0 saturated heterocycles. The molecule has 0 spiro atoms. The Hall–Kier alpha value is -3.02. The summed E-state index contributed by atoms with van der Waals surface area (Å²) >= 11 is 0. The second-order valence-corrected chi connectivity index (χ2v) is 6.01. The molecule has 0 bridgehead atoms. The molecule has 0 N–H and O–H groups in total. The molecule has 0 unspecified atom stereocenters. The molecule has 118 valence electrons. The number of nitrogens with zero attached hydrogens (tertiary/aromatic N) is 6. The van der Waals surface area contributed by atoms with Gasteiger partial charge in [0.1, 0.15) is 29.6 Å². The van der Waals surface area contributed by atoms with Gasteiger partial charge >= 0.3 is 0 Å². The van der Waals surface area contributed by atoms with Crippen molar-refractivity contribution >= 4 is 23.3 Å². The van der Waals surface area contributed by atoms with E-state index in [-0.39, 0.29) is 0 Å². The summed E-state index contributed by atoms with van der Waals surface area (Å²) in [4.78, 5) is 22.3. The third-order valence-electron chi connectivity index (χ3n) is 4.65. The van der Waals surface area contributed by atoms with Crippen molar-refractivity contribution in [2.24, 2.45) is 0 Å². The topological polar surface area (TPSA) is 58.0 Å². The zero-order valence-corrected chi connectivity index (χ0v) is 13.1. The summed E-state index contributed by atoms with van der Waals surface area (Å²) in [6.07, 6.45) is 7.29. The second-order valence-electron chi connectivity index (χ2n) is 6.01. The van der Waals surface area contributed by atoms with Crippen LogP contribution in [0.2, 0.25) is 0 Å². The van der Waals surface area contributed by atoms with E-state index < -0.39 is 0 Å². The Kier molecular flexibility index (Phi) is 2.94. The molecule has 5 heterocycles. The number of pyridine rings is 2. The van der Waals surface area contributed by atoms with Crippen LogP contribution in [0.1, 0.15) is 11.1 Å². The van der Waals surface area contributed by atoms with Crippen molar-refractivity contribution in [2.75, 3.05) is 22.9 Å². The molecule has 3 aromatic rings. The van der Waals surface area contributed by atoms with Crippen LogP contribution < -0.4 is 9.80 Å². The molecule has 6 nitrogen and oxygen atoms in total. The molecule has 24 heavy (non-hydrogen) atoms. The average molecular weight is 316 g/mol. The van der Waals surface area contributed by atoms with Crippen molar-refractivity contribution in [2.45, 2.75) is 12.8 Å². The quantitative estimate of drug-likeness (QED) is 0.724. The number of anilines is 4. The zero-order chi connectivity index (χ0) is 15.9. The van der Waals surface area contributed by atoms with E-state index in [1.54, 1.807) is 6.33 Å². The Bertz CT molecular complexity index is 839. The Morgan fingerprint density at radius 3 is 1.79 bits per heavy atom. The summed E-state index contributed by atoms with van der Waals surface area (Å²) < 4.78 is 0. The van der Waals surface area contributed by atoms with Crippen LogP contribution in [0.25, 0.3) is 0 Å². The van der Waals surface area contributed by atoms with Crippen LogP contribution in [0.15, 0.2) is 49.1 Å². The van der Waals surface area contributed by atoms with Crippen LogP contribution >= 0.6 is 0 Å². The lowest BCUT2D eigenvalue weighted by molar-refractivity contribution is 0.929. The van der Waals surface area contributed by atoms with Gasteiger partial charge in [0.25, 0.3) is 0 Å². The van der Waals surface area contributed by atoms with Crippen molar-refractivity contribution in [3.8, 4) is 0 Å². The normalized spacial score (nSPS) is 15.5. The van der Waals surface area contributed by atoms with Gasteiger partial charge in [0.2, 0.25) is 0 Å². The maximum Gasteiger partial charge on any atom is 0.139 e. The summed E-state index contributed by atoms with van der Waals surface area (Å²) in [6.45, 7) is 1.80. The van der Waals surface area contributed by atoms with E-state index in [1.165, 1.54) is 11.1 Å². The van der Waals surface area contributed by atoms with Gasteiger partial charge in [-0.05, 0) is 36.1 Å². The van der Waals surface area contributed by atoms with Gasteiger partial charge in [-0.1, -0.05) is 12.1 Å². The van der Waals surface area contributed by atoms with Gasteiger partial charge in [-0.15, -0.1) is 0 Å². The molecular weight excluding hydrogens is 300 g/mol. The summed E-state index contributed by atoms with van der Waals surface area (Å²) in [7, 11) is 0.